The summed E-state index contributed by atoms with van der Waals surface area (Å²) in [7, 11) is 0. The number of aromatic nitrogens is 1. The van der Waals surface area contributed by atoms with E-state index in [9.17, 15) is 4.79 Å². The van der Waals surface area contributed by atoms with Gasteiger partial charge in [0.1, 0.15) is 24.7 Å². The van der Waals surface area contributed by atoms with Gasteiger partial charge < -0.3 is 14.2 Å². The van der Waals surface area contributed by atoms with Crippen LogP contribution < -0.4 is 9.47 Å². The van der Waals surface area contributed by atoms with Crippen LogP contribution in [0.4, 0.5) is 0 Å². The molecule has 0 atom stereocenters. The van der Waals surface area contributed by atoms with Gasteiger partial charge in [-0.1, -0.05) is 24.3 Å². The van der Waals surface area contributed by atoms with Crippen LogP contribution in [0, 0.1) is 13.8 Å². The number of benzene rings is 2. The molecule has 0 bridgehead atoms. The molecule has 28 heavy (non-hydrogen) atoms. The van der Waals surface area contributed by atoms with E-state index < -0.39 is 5.97 Å². The summed E-state index contributed by atoms with van der Waals surface area (Å²) in [5.74, 6) is 0.988. The summed E-state index contributed by atoms with van der Waals surface area (Å²) < 4.78 is 16.4. The number of hydrogen-bond acceptors (Lipinski definition) is 5. The van der Waals surface area contributed by atoms with Crippen molar-refractivity contribution >= 4 is 5.97 Å². The Kier molecular flexibility index (Phi) is 6.63. The van der Waals surface area contributed by atoms with Crippen LogP contribution in [0.2, 0.25) is 0 Å². The van der Waals surface area contributed by atoms with Crippen LogP contribution in [0.15, 0.2) is 66.9 Å². The van der Waals surface area contributed by atoms with Gasteiger partial charge in [0.2, 0.25) is 0 Å². The molecule has 0 aliphatic heterocycles. The predicted molar refractivity (Wildman–Crippen MR) is 106 cm³/mol. The molecule has 3 rings (SSSR count). The van der Waals surface area contributed by atoms with Crippen LogP contribution in [-0.2, 0) is 22.7 Å². The first-order valence-electron chi connectivity index (χ1n) is 9.07. The van der Waals surface area contributed by atoms with Gasteiger partial charge in [0.15, 0.2) is 6.61 Å². The monoisotopic (exact) mass is 377 g/mol. The van der Waals surface area contributed by atoms with Gasteiger partial charge in [-0.25, -0.2) is 4.79 Å². The molecule has 0 spiro atoms. The maximum absolute atomic E-state index is 11.9. The zero-order valence-electron chi connectivity index (χ0n) is 16.1. The zero-order valence-corrected chi connectivity index (χ0v) is 16.1. The molecule has 0 saturated heterocycles. The second kappa shape index (κ2) is 9.55. The summed E-state index contributed by atoms with van der Waals surface area (Å²) in [6.45, 7) is 4.51. The highest BCUT2D eigenvalue weighted by atomic mass is 16.6. The van der Waals surface area contributed by atoms with Crippen LogP contribution in [0.5, 0.6) is 11.5 Å². The molecular weight excluding hydrogens is 354 g/mol. The highest BCUT2D eigenvalue weighted by Gasteiger charge is 2.06. The van der Waals surface area contributed by atoms with Crippen molar-refractivity contribution in [3.8, 4) is 11.5 Å². The third-order valence-corrected chi connectivity index (χ3v) is 4.27. The molecule has 0 aliphatic rings. The standard InChI is InChI=1S/C23H23NO4/c1-17-6-9-22(13-18(17)2)27-16-23(25)28-14-19-7-10-21(11-8-19)26-15-20-5-3-4-12-24-20/h3-13H,14-16H2,1-2H3. The number of nitrogens with zero attached hydrogens (tertiary/aromatic N) is 1. The fraction of sp³-hybridized carbons (Fsp3) is 0.217. The maximum atomic E-state index is 11.9. The van der Waals surface area contributed by atoms with Gasteiger partial charge in [-0.2, -0.15) is 0 Å². The first kappa shape index (κ1) is 19.4. The summed E-state index contributed by atoms with van der Waals surface area (Å²) in [5, 5.41) is 0. The van der Waals surface area contributed by atoms with Crippen molar-refractivity contribution < 1.29 is 19.0 Å². The number of carbonyl (C=O) groups is 1. The Labute approximate surface area is 164 Å². The number of esters is 1. The van der Waals surface area contributed by atoms with E-state index in [1.807, 2.05) is 74.5 Å². The van der Waals surface area contributed by atoms with Gasteiger partial charge in [-0.15, -0.1) is 0 Å². The van der Waals surface area contributed by atoms with E-state index in [0.29, 0.717) is 12.4 Å². The van der Waals surface area contributed by atoms with Crippen molar-refractivity contribution in [2.24, 2.45) is 0 Å². The molecule has 0 fully saturated rings. The highest BCUT2D eigenvalue weighted by Crippen LogP contribution is 2.17. The Hall–Kier alpha value is -3.34. The third-order valence-electron chi connectivity index (χ3n) is 4.27. The van der Waals surface area contributed by atoms with Gasteiger partial charge in [-0.05, 0) is 66.9 Å². The molecule has 3 aromatic rings. The number of ether oxygens (including phenoxy) is 3. The first-order valence-corrected chi connectivity index (χ1v) is 9.07. The average Bonchev–Trinajstić information content (AvgIpc) is 2.73. The summed E-state index contributed by atoms with van der Waals surface area (Å²) >= 11 is 0. The van der Waals surface area contributed by atoms with Crippen molar-refractivity contribution in [2.75, 3.05) is 6.61 Å². The minimum atomic E-state index is -0.409. The second-order valence-electron chi connectivity index (χ2n) is 6.45. The van der Waals surface area contributed by atoms with Crippen LogP contribution in [0.25, 0.3) is 0 Å². The lowest BCUT2D eigenvalue weighted by molar-refractivity contribution is -0.147. The lowest BCUT2D eigenvalue weighted by Crippen LogP contribution is -2.14. The van der Waals surface area contributed by atoms with Crippen molar-refractivity contribution in [2.45, 2.75) is 27.1 Å². The normalized spacial score (nSPS) is 10.4. The minimum Gasteiger partial charge on any atom is -0.487 e. The van der Waals surface area contributed by atoms with Crippen molar-refractivity contribution in [1.82, 2.24) is 4.98 Å². The molecule has 0 saturated carbocycles. The Bertz CT molecular complexity index is 908. The molecule has 2 aromatic carbocycles. The summed E-state index contributed by atoms with van der Waals surface area (Å²) in [6.07, 6.45) is 1.74. The van der Waals surface area contributed by atoms with Gasteiger partial charge in [0, 0.05) is 6.20 Å². The number of aryl methyl sites for hydroxylation is 2. The first-order chi connectivity index (χ1) is 13.6. The average molecular weight is 377 g/mol. The molecule has 1 heterocycles. The van der Waals surface area contributed by atoms with E-state index in [0.717, 1.165) is 22.6 Å². The van der Waals surface area contributed by atoms with Crippen molar-refractivity contribution in [3.63, 3.8) is 0 Å². The van der Waals surface area contributed by atoms with Crippen LogP contribution in [0.1, 0.15) is 22.4 Å². The number of rotatable bonds is 8. The molecule has 0 radical (unpaired) electrons. The van der Waals surface area contributed by atoms with Crippen LogP contribution in [0.3, 0.4) is 0 Å². The Balaban J connectivity index is 1.41. The summed E-state index contributed by atoms with van der Waals surface area (Å²) in [6, 6.07) is 18.8. The number of pyridine rings is 1. The lowest BCUT2D eigenvalue weighted by Gasteiger charge is -2.09. The molecular formula is C23H23NO4. The molecule has 5 nitrogen and oxygen atoms in total. The molecule has 5 heteroatoms. The van der Waals surface area contributed by atoms with Gasteiger partial charge in [0.25, 0.3) is 0 Å². The molecule has 144 valence electrons. The third kappa shape index (κ3) is 5.84. The van der Waals surface area contributed by atoms with E-state index in [1.165, 1.54) is 5.56 Å². The molecule has 1 aromatic heterocycles. The molecule has 0 unspecified atom stereocenters. The van der Waals surface area contributed by atoms with E-state index in [1.54, 1.807) is 6.20 Å². The fourth-order valence-electron chi connectivity index (χ4n) is 2.47. The predicted octanol–water partition coefficient (Wildman–Crippen LogP) is 4.40. The maximum Gasteiger partial charge on any atom is 0.344 e. The lowest BCUT2D eigenvalue weighted by atomic mass is 10.1. The Morgan fingerprint density at radius 3 is 2.36 bits per heavy atom. The van der Waals surface area contributed by atoms with Crippen LogP contribution in [-0.4, -0.2) is 17.6 Å². The minimum absolute atomic E-state index is 0.117. The van der Waals surface area contributed by atoms with E-state index in [4.69, 9.17) is 14.2 Å². The van der Waals surface area contributed by atoms with E-state index in [-0.39, 0.29) is 13.2 Å². The zero-order chi connectivity index (χ0) is 19.8. The topological polar surface area (TPSA) is 57.7 Å². The quantitative estimate of drug-likeness (QED) is 0.545. The smallest absolute Gasteiger partial charge is 0.344 e. The Morgan fingerprint density at radius 1 is 0.857 bits per heavy atom. The second-order valence-corrected chi connectivity index (χ2v) is 6.45. The van der Waals surface area contributed by atoms with E-state index >= 15 is 0 Å². The van der Waals surface area contributed by atoms with Crippen molar-refractivity contribution in [1.29, 1.82) is 0 Å². The molecule has 0 amide bonds. The van der Waals surface area contributed by atoms with Gasteiger partial charge in [0.05, 0.1) is 5.69 Å². The van der Waals surface area contributed by atoms with Gasteiger partial charge in [-0.3, -0.25) is 4.98 Å². The number of carbonyl (C=O) groups excluding carboxylic acids is 1. The fourth-order valence-corrected chi connectivity index (χ4v) is 2.47. The molecule has 0 aliphatic carbocycles. The van der Waals surface area contributed by atoms with E-state index in [2.05, 4.69) is 4.98 Å². The highest BCUT2D eigenvalue weighted by molar-refractivity contribution is 5.71. The van der Waals surface area contributed by atoms with Crippen LogP contribution >= 0.6 is 0 Å². The Morgan fingerprint density at radius 2 is 1.64 bits per heavy atom. The number of hydrogen-bond donors (Lipinski definition) is 0. The SMILES string of the molecule is Cc1ccc(OCC(=O)OCc2ccc(OCc3ccccn3)cc2)cc1C. The molecule has 0 N–H and O–H groups in total. The largest absolute Gasteiger partial charge is 0.487 e. The van der Waals surface area contributed by atoms with Gasteiger partial charge >= 0.3 is 5.97 Å². The summed E-state index contributed by atoms with van der Waals surface area (Å²) in [5.41, 5.74) is 4.05. The van der Waals surface area contributed by atoms with Crippen molar-refractivity contribution in [3.05, 3.63) is 89.2 Å². The summed E-state index contributed by atoms with van der Waals surface area (Å²) in [4.78, 5) is 16.1.